The van der Waals surface area contributed by atoms with Crippen molar-refractivity contribution in [2.75, 3.05) is 0 Å². The first-order valence-corrected chi connectivity index (χ1v) is 7.57. The van der Waals surface area contributed by atoms with E-state index in [-0.39, 0.29) is 18.2 Å². The lowest BCUT2D eigenvalue weighted by atomic mass is 10.1. The van der Waals surface area contributed by atoms with E-state index in [4.69, 9.17) is 0 Å². The topological polar surface area (TPSA) is 75.5 Å². The fourth-order valence-electron chi connectivity index (χ4n) is 2.09. The van der Waals surface area contributed by atoms with Crippen LogP contribution in [0, 0.1) is 6.92 Å². The maximum atomic E-state index is 12.0. The first-order valence-electron chi connectivity index (χ1n) is 6.69. The number of nitrogens with zero attached hydrogens (tertiary/aromatic N) is 2. The quantitative estimate of drug-likeness (QED) is 0.723. The lowest BCUT2D eigenvalue weighted by molar-refractivity contribution is -0.121. The summed E-state index contributed by atoms with van der Waals surface area (Å²) < 4.78 is 1.86. The molecule has 0 radical (unpaired) electrons. The Kier molecular flexibility index (Phi) is 3.88. The second kappa shape index (κ2) is 5.98. The SMILES string of the molecule is Cc1ccccc1C(=O)NNC(=O)Cc1cn2ccsc2n1. The maximum Gasteiger partial charge on any atom is 0.269 e. The Bertz CT molecular complexity index is 808. The minimum Gasteiger partial charge on any atom is -0.297 e. The van der Waals surface area contributed by atoms with Gasteiger partial charge in [0, 0.05) is 23.3 Å². The number of aromatic nitrogens is 2. The van der Waals surface area contributed by atoms with Crippen LogP contribution in [0.1, 0.15) is 21.6 Å². The lowest BCUT2D eigenvalue weighted by Gasteiger charge is -2.08. The van der Waals surface area contributed by atoms with Crippen molar-refractivity contribution in [3.63, 3.8) is 0 Å². The minimum atomic E-state index is -0.336. The number of hydrazine groups is 1. The van der Waals surface area contributed by atoms with Crippen LogP contribution in [-0.4, -0.2) is 21.2 Å². The third kappa shape index (κ3) is 2.99. The van der Waals surface area contributed by atoms with Gasteiger partial charge in [-0.2, -0.15) is 0 Å². The second-order valence-corrected chi connectivity index (χ2v) is 5.69. The summed E-state index contributed by atoms with van der Waals surface area (Å²) in [4.78, 5) is 29.0. The summed E-state index contributed by atoms with van der Waals surface area (Å²) in [6, 6.07) is 7.19. The standard InChI is InChI=1S/C15H14N4O2S/c1-10-4-2-3-5-12(10)14(21)18-17-13(20)8-11-9-19-6-7-22-15(19)16-11/h2-7,9H,8H2,1H3,(H,17,20)(H,18,21). The summed E-state index contributed by atoms with van der Waals surface area (Å²) in [7, 11) is 0. The molecule has 0 unspecified atom stereocenters. The monoisotopic (exact) mass is 314 g/mol. The summed E-state index contributed by atoms with van der Waals surface area (Å²) >= 11 is 1.50. The van der Waals surface area contributed by atoms with E-state index in [1.54, 1.807) is 18.3 Å². The van der Waals surface area contributed by atoms with Gasteiger partial charge in [0.05, 0.1) is 12.1 Å². The molecule has 0 aliphatic heterocycles. The van der Waals surface area contributed by atoms with Crippen molar-refractivity contribution < 1.29 is 9.59 Å². The Hall–Kier alpha value is -2.67. The molecule has 0 aliphatic rings. The molecule has 0 aliphatic carbocycles. The smallest absolute Gasteiger partial charge is 0.269 e. The van der Waals surface area contributed by atoms with Crippen LogP contribution in [-0.2, 0) is 11.2 Å². The highest BCUT2D eigenvalue weighted by molar-refractivity contribution is 7.15. The summed E-state index contributed by atoms with van der Waals surface area (Å²) in [6.07, 6.45) is 3.80. The number of imidazole rings is 1. The molecule has 0 saturated heterocycles. The summed E-state index contributed by atoms with van der Waals surface area (Å²) in [6.45, 7) is 1.84. The third-order valence-electron chi connectivity index (χ3n) is 3.19. The molecule has 0 atom stereocenters. The summed E-state index contributed by atoms with van der Waals surface area (Å²) in [5.74, 6) is -0.648. The van der Waals surface area contributed by atoms with Gasteiger partial charge in [0.2, 0.25) is 5.91 Å². The number of hydrogen-bond donors (Lipinski definition) is 2. The van der Waals surface area contributed by atoms with Gasteiger partial charge in [-0.25, -0.2) is 4.98 Å². The molecule has 2 N–H and O–H groups in total. The molecule has 1 aromatic carbocycles. The normalized spacial score (nSPS) is 10.6. The number of carbonyl (C=O) groups is 2. The number of carbonyl (C=O) groups excluding carboxylic acids is 2. The van der Waals surface area contributed by atoms with Crippen molar-refractivity contribution in [1.29, 1.82) is 0 Å². The van der Waals surface area contributed by atoms with Gasteiger partial charge in [0.15, 0.2) is 4.96 Å². The molecule has 0 bridgehead atoms. The van der Waals surface area contributed by atoms with E-state index in [9.17, 15) is 9.59 Å². The van der Waals surface area contributed by atoms with E-state index in [0.717, 1.165) is 10.5 Å². The number of fused-ring (bicyclic) bond motifs is 1. The number of hydrogen-bond acceptors (Lipinski definition) is 4. The van der Waals surface area contributed by atoms with Crippen LogP contribution in [0.5, 0.6) is 0 Å². The van der Waals surface area contributed by atoms with Crippen molar-refractivity contribution in [3.8, 4) is 0 Å². The van der Waals surface area contributed by atoms with Gasteiger partial charge in [0.1, 0.15) is 0 Å². The number of thiazole rings is 1. The average molecular weight is 314 g/mol. The van der Waals surface area contributed by atoms with Crippen LogP contribution in [0.4, 0.5) is 0 Å². The van der Waals surface area contributed by atoms with Crippen molar-refractivity contribution in [2.45, 2.75) is 13.3 Å². The van der Waals surface area contributed by atoms with Crippen LogP contribution in [0.25, 0.3) is 4.96 Å². The van der Waals surface area contributed by atoms with Gasteiger partial charge >= 0.3 is 0 Å². The summed E-state index contributed by atoms with van der Waals surface area (Å²) in [5, 5.41) is 1.93. The molecule has 7 heteroatoms. The molecule has 112 valence electrons. The number of rotatable bonds is 3. The molecular formula is C15H14N4O2S. The molecule has 6 nitrogen and oxygen atoms in total. The molecule has 2 heterocycles. The van der Waals surface area contributed by atoms with E-state index in [0.29, 0.717) is 11.3 Å². The Morgan fingerprint density at radius 3 is 2.86 bits per heavy atom. The van der Waals surface area contributed by atoms with Gasteiger partial charge in [-0.3, -0.25) is 24.8 Å². The third-order valence-corrected chi connectivity index (χ3v) is 3.96. The minimum absolute atomic E-state index is 0.114. The second-order valence-electron chi connectivity index (χ2n) is 4.82. The zero-order valence-corrected chi connectivity index (χ0v) is 12.7. The fourth-order valence-corrected chi connectivity index (χ4v) is 2.81. The number of nitrogens with one attached hydrogen (secondary N) is 2. The summed E-state index contributed by atoms with van der Waals surface area (Å²) in [5.41, 5.74) is 6.87. The zero-order valence-electron chi connectivity index (χ0n) is 11.9. The molecule has 0 spiro atoms. The van der Waals surface area contributed by atoms with Crippen molar-refractivity contribution >= 4 is 28.1 Å². The maximum absolute atomic E-state index is 12.0. The fraction of sp³-hybridized carbons (Fsp3) is 0.133. The highest BCUT2D eigenvalue weighted by Crippen LogP contribution is 2.11. The van der Waals surface area contributed by atoms with Crippen molar-refractivity contribution in [2.24, 2.45) is 0 Å². The largest absolute Gasteiger partial charge is 0.297 e. The highest BCUT2D eigenvalue weighted by atomic mass is 32.1. The number of amides is 2. The van der Waals surface area contributed by atoms with E-state index in [2.05, 4.69) is 15.8 Å². The van der Waals surface area contributed by atoms with Crippen LogP contribution < -0.4 is 10.9 Å². The molecule has 3 aromatic rings. The van der Waals surface area contributed by atoms with Crippen LogP contribution in [0.3, 0.4) is 0 Å². The van der Waals surface area contributed by atoms with E-state index in [1.807, 2.05) is 35.0 Å². The lowest BCUT2D eigenvalue weighted by Crippen LogP contribution is -2.42. The highest BCUT2D eigenvalue weighted by Gasteiger charge is 2.11. The van der Waals surface area contributed by atoms with Crippen LogP contribution in [0.2, 0.25) is 0 Å². The van der Waals surface area contributed by atoms with Gasteiger partial charge < -0.3 is 0 Å². The van der Waals surface area contributed by atoms with Gasteiger partial charge in [-0.1, -0.05) is 18.2 Å². The molecule has 2 amide bonds. The van der Waals surface area contributed by atoms with E-state index in [1.165, 1.54) is 11.3 Å². The Morgan fingerprint density at radius 2 is 2.09 bits per heavy atom. The Labute approximate surface area is 130 Å². The first kappa shape index (κ1) is 14.3. The van der Waals surface area contributed by atoms with Crippen LogP contribution >= 0.6 is 11.3 Å². The van der Waals surface area contributed by atoms with Gasteiger partial charge in [-0.15, -0.1) is 11.3 Å². The zero-order chi connectivity index (χ0) is 15.5. The molecule has 3 rings (SSSR count). The van der Waals surface area contributed by atoms with Crippen molar-refractivity contribution in [3.05, 3.63) is 58.9 Å². The van der Waals surface area contributed by atoms with E-state index < -0.39 is 0 Å². The molecule has 22 heavy (non-hydrogen) atoms. The molecular weight excluding hydrogens is 300 g/mol. The van der Waals surface area contributed by atoms with Crippen molar-refractivity contribution in [1.82, 2.24) is 20.2 Å². The average Bonchev–Trinajstić information content (AvgIpc) is 3.06. The van der Waals surface area contributed by atoms with E-state index >= 15 is 0 Å². The number of aryl methyl sites for hydroxylation is 1. The predicted octanol–water partition coefficient (Wildman–Crippen LogP) is 1.71. The molecule has 0 saturated carbocycles. The van der Waals surface area contributed by atoms with Gasteiger partial charge in [-0.05, 0) is 18.6 Å². The Balaban J connectivity index is 1.57. The van der Waals surface area contributed by atoms with Gasteiger partial charge in [0.25, 0.3) is 5.91 Å². The number of benzene rings is 1. The molecule has 0 fully saturated rings. The predicted molar refractivity (Wildman–Crippen MR) is 83.6 cm³/mol. The van der Waals surface area contributed by atoms with Crippen LogP contribution in [0.15, 0.2) is 42.0 Å². The molecule has 2 aromatic heterocycles. The first-order chi connectivity index (χ1) is 10.6. The Morgan fingerprint density at radius 1 is 1.27 bits per heavy atom.